The van der Waals surface area contributed by atoms with Gasteiger partial charge in [-0.2, -0.15) is 5.10 Å². The first-order valence-electron chi connectivity index (χ1n) is 9.70. The van der Waals surface area contributed by atoms with E-state index in [1.54, 1.807) is 55.3 Å². The first kappa shape index (κ1) is 21.9. The van der Waals surface area contributed by atoms with Gasteiger partial charge in [-0.3, -0.25) is 9.48 Å². The molecule has 0 bridgehead atoms. The SMILES string of the molecule is CC(NC(=O)c1cc(-c2ccc(Cl)cc2)nc(-c2cnn(C)c2)n1)c1ccc(Cl)c(F)c1. The summed E-state index contributed by atoms with van der Waals surface area (Å²) in [6, 6.07) is 12.7. The average Bonchev–Trinajstić information content (AvgIpc) is 3.22. The summed E-state index contributed by atoms with van der Waals surface area (Å²) in [7, 11) is 1.78. The fourth-order valence-corrected chi connectivity index (χ4v) is 3.38. The van der Waals surface area contributed by atoms with E-state index in [4.69, 9.17) is 23.2 Å². The molecule has 1 unspecified atom stereocenters. The van der Waals surface area contributed by atoms with E-state index in [9.17, 15) is 9.18 Å². The minimum absolute atomic E-state index is 0.0248. The molecule has 1 amide bonds. The van der Waals surface area contributed by atoms with E-state index in [1.165, 1.54) is 12.1 Å². The zero-order valence-corrected chi connectivity index (χ0v) is 18.7. The second-order valence-electron chi connectivity index (χ2n) is 7.24. The fraction of sp³-hybridized carbons (Fsp3) is 0.130. The normalized spacial score (nSPS) is 11.9. The number of aromatic nitrogens is 4. The molecule has 0 saturated heterocycles. The number of rotatable bonds is 5. The monoisotopic (exact) mass is 469 g/mol. The number of nitrogens with zero attached hydrogens (tertiary/aromatic N) is 4. The molecule has 4 aromatic rings. The lowest BCUT2D eigenvalue weighted by Crippen LogP contribution is -2.27. The van der Waals surface area contributed by atoms with Crippen molar-refractivity contribution in [3.8, 4) is 22.6 Å². The first-order valence-corrected chi connectivity index (χ1v) is 10.5. The Bertz CT molecular complexity index is 1290. The lowest BCUT2D eigenvalue weighted by molar-refractivity contribution is 0.0934. The van der Waals surface area contributed by atoms with Crippen molar-refractivity contribution in [2.45, 2.75) is 13.0 Å². The van der Waals surface area contributed by atoms with Gasteiger partial charge >= 0.3 is 0 Å². The molecule has 1 N–H and O–H groups in total. The highest BCUT2D eigenvalue weighted by molar-refractivity contribution is 6.31. The molecule has 2 aromatic heterocycles. The lowest BCUT2D eigenvalue weighted by atomic mass is 10.1. The summed E-state index contributed by atoms with van der Waals surface area (Å²) in [5, 5.41) is 7.63. The van der Waals surface area contributed by atoms with Gasteiger partial charge in [-0.15, -0.1) is 0 Å². The zero-order chi connectivity index (χ0) is 22.8. The lowest BCUT2D eigenvalue weighted by Gasteiger charge is -2.15. The number of hydrogen-bond acceptors (Lipinski definition) is 4. The van der Waals surface area contributed by atoms with Gasteiger partial charge in [0, 0.05) is 23.8 Å². The van der Waals surface area contributed by atoms with Gasteiger partial charge in [0.2, 0.25) is 0 Å². The van der Waals surface area contributed by atoms with Crippen LogP contribution in [0.5, 0.6) is 0 Å². The van der Waals surface area contributed by atoms with Gasteiger partial charge in [-0.1, -0.05) is 41.4 Å². The molecular formula is C23H18Cl2FN5O. The van der Waals surface area contributed by atoms with Crippen LogP contribution in [-0.2, 0) is 7.05 Å². The smallest absolute Gasteiger partial charge is 0.270 e. The molecule has 162 valence electrons. The molecule has 0 aliphatic carbocycles. The van der Waals surface area contributed by atoms with Crippen molar-refractivity contribution >= 4 is 29.1 Å². The minimum Gasteiger partial charge on any atom is -0.344 e. The quantitative estimate of drug-likeness (QED) is 0.419. The van der Waals surface area contributed by atoms with Crippen LogP contribution in [0.2, 0.25) is 10.0 Å². The predicted octanol–water partition coefficient (Wildman–Crippen LogP) is 5.48. The Balaban J connectivity index is 1.69. The molecule has 0 aliphatic heterocycles. The van der Waals surface area contributed by atoms with Gasteiger partial charge in [-0.05, 0) is 42.8 Å². The van der Waals surface area contributed by atoms with Gasteiger partial charge in [0.25, 0.3) is 5.91 Å². The molecule has 9 heteroatoms. The molecule has 0 spiro atoms. The Kier molecular flexibility index (Phi) is 6.21. The molecule has 6 nitrogen and oxygen atoms in total. The number of aryl methyl sites for hydroxylation is 1. The molecule has 32 heavy (non-hydrogen) atoms. The number of carbonyl (C=O) groups is 1. The van der Waals surface area contributed by atoms with Crippen molar-refractivity contribution in [3.63, 3.8) is 0 Å². The summed E-state index contributed by atoms with van der Waals surface area (Å²) in [6.45, 7) is 1.75. The first-order chi connectivity index (χ1) is 15.3. The maximum atomic E-state index is 13.8. The number of amides is 1. The average molecular weight is 470 g/mol. The molecule has 0 aliphatic rings. The van der Waals surface area contributed by atoms with Crippen molar-refractivity contribution in [2.24, 2.45) is 7.05 Å². The van der Waals surface area contributed by atoms with Crippen molar-refractivity contribution in [3.05, 3.63) is 88.0 Å². The van der Waals surface area contributed by atoms with Gasteiger partial charge in [0.15, 0.2) is 5.82 Å². The summed E-state index contributed by atoms with van der Waals surface area (Å²) >= 11 is 11.8. The van der Waals surface area contributed by atoms with Crippen molar-refractivity contribution in [2.75, 3.05) is 0 Å². The van der Waals surface area contributed by atoms with E-state index in [2.05, 4.69) is 20.4 Å². The third kappa shape index (κ3) is 4.79. The molecule has 0 fully saturated rings. The van der Waals surface area contributed by atoms with Crippen LogP contribution in [0.25, 0.3) is 22.6 Å². The highest BCUT2D eigenvalue weighted by Gasteiger charge is 2.18. The van der Waals surface area contributed by atoms with Crippen LogP contribution in [-0.4, -0.2) is 25.7 Å². The van der Waals surface area contributed by atoms with Crippen LogP contribution in [0, 0.1) is 5.82 Å². The molecule has 2 heterocycles. The van der Waals surface area contributed by atoms with Gasteiger partial charge in [0.05, 0.1) is 28.5 Å². The highest BCUT2D eigenvalue weighted by Crippen LogP contribution is 2.25. The van der Waals surface area contributed by atoms with Gasteiger partial charge < -0.3 is 5.32 Å². The van der Waals surface area contributed by atoms with Crippen LogP contribution >= 0.6 is 23.2 Å². The second-order valence-corrected chi connectivity index (χ2v) is 8.08. The summed E-state index contributed by atoms with van der Waals surface area (Å²) in [6.07, 6.45) is 3.39. The standard InChI is InChI=1S/C23H18Cl2FN5O/c1-13(15-5-8-18(25)19(26)9-15)28-23(32)21-10-20(14-3-6-17(24)7-4-14)29-22(30-21)16-11-27-31(2)12-16/h3-13H,1-2H3,(H,28,32). The summed E-state index contributed by atoms with van der Waals surface area (Å²) in [5.41, 5.74) is 2.77. The largest absolute Gasteiger partial charge is 0.344 e. The van der Waals surface area contributed by atoms with E-state index in [-0.39, 0.29) is 10.7 Å². The van der Waals surface area contributed by atoms with E-state index >= 15 is 0 Å². The van der Waals surface area contributed by atoms with Gasteiger partial charge in [0.1, 0.15) is 11.5 Å². The number of halogens is 3. The number of nitrogens with one attached hydrogen (secondary N) is 1. The number of hydrogen-bond donors (Lipinski definition) is 1. The molecular weight excluding hydrogens is 452 g/mol. The maximum absolute atomic E-state index is 13.8. The summed E-state index contributed by atoms with van der Waals surface area (Å²) in [5.74, 6) is -0.604. The zero-order valence-electron chi connectivity index (χ0n) is 17.2. The van der Waals surface area contributed by atoms with Crippen LogP contribution in [0.4, 0.5) is 4.39 Å². The van der Waals surface area contributed by atoms with Crippen molar-refractivity contribution in [1.29, 1.82) is 0 Å². The predicted molar refractivity (Wildman–Crippen MR) is 122 cm³/mol. The Morgan fingerprint density at radius 3 is 2.47 bits per heavy atom. The number of carbonyl (C=O) groups excluding carboxylic acids is 1. The Morgan fingerprint density at radius 2 is 1.81 bits per heavy atom. The Morgan fingerprint density at radius 1 is 1.06 bits per heavy atom. The third-order valence-electron chi connectivity index (χ3n) is 4.85. The van der Waals surface area contributed by atoms with Crippen LogP contribution in [0.3, 0.4) is 0 Å². The van der Waals surface area contributed by atoms with Crippen LogP contribution in [0.15, 0.2) is 60.9 Å². The summed E-state index contributed by atoms with van der Waals surface area (Å²) in [4.78, 5) is 22.1. The molecule has 0 saturated carbocycles. The van der Waals surface area contributed by atoms with Gasteiger partial charge in [-0.25, -0.2) is 14.4 Å². The van der Waals surface area contributed by atoms with E-state index in [0.29, 0.717) is 27.7 Å². The highest BCUT2D eigenvalue weighted by atomic mass is 35.5. The molecule has 1 atom stereocenters. The van der Waals surface area contributed by atoms with Crippen LogP contribution in [0.1, 0.15) is 29.0 Å². The van der Waals surface area contributed by atoms with E-state index < -0.39 is 17.8 Å². The molecule has 4 rings (SSSR count). The van der Waals surface area contributed by atoms with Crippen LogP contribution < -0.4 is 5.32 Å². The van der Waals surface area contributed by atoms with Crippen molar-refractivity contribution in [1.82, 2.24) is 25.1 Å². The Hall–Kier alpha value is -3.29. The Labute approximate surface area is 194 Å². The topological polar surface area (TPSA) is 72.7 Å². The van der Waals surface area contributed by atoms with E-state index in [0.717, 1.165) is 5.56 Å². The maximum Gasteiger partial charge on any atom is 0.270 e. The number of benzene rings is 2. The minimum atomic E-state index is -0.545. The molecule has 2 aromatic carbocycles. The summed E-state index contributed by atoms with van der Waals surface area (Å²) < 4.78 is 15.5. The third-order valence-corrected chi connectivity index (χ3v) is 5.41. The second kappa shape index (κ2) is 9.06. The van der Waals surface area contributed by atoms with Crippen molar-refractivity contribution < 1.29 is 9.18 Å². The molecule has 0 radical (unpaired) electrons. The fourth-order valence-electron chi connectivity index (χ4n) is 3.13. The van der Waals surface area contributed by atoms with E-state index in [1.807, 2.05) is 12.1 Å².